The fourth-order valence-corrected chi connectivity index (χ4v) is 3.42. The van der Waals surface area contributed by atoms with Crippen LogP contribution < -0.4 is 5.32 Å². The highest BCUT2D eigenvalue weighted by Crippen LogP contribution is 2.24. The summed E-state index contributed by atoms with van der Waals surface area (Å²) in [6.45, 7) is 1.78. The number of nitrogens with zero attached hydrogens (tertiary/aromatic N) is 3. The molecular formula is C10H12N4O2S3. The van der Waals surface area contributed by atoms with Gasteiger partial charge in [-0.05, 0) is 24.7 Å². The van der Waals surface area contributed by atoms with Gasteiger partial charge in [0.15, 0.2) is 10.2 Å². The summed E-state index contributed by atoms with van der Waals surface area (Å²) >= 11 is 4.39. The van der Waals surface area contributed by atoms with Gasteiger partial charge in [-0.15, -0.1) is 0 Å². The van der Waals surface area contributed by atoms with Crippen molar-refractivity contribution in [1.29, 1.82) is 0 Å². The Morgan fingerprint density at radius 1 is 1.58 bits per heavy atom. The van der Waals surface area contributed by atoms with Gasteiger partial charge >= 0.3 is 0 Å². The fourth-order valence-electron chi connectivity index (χ4n) is 1.20. The molecule has 0 radical (unpaired) electrons. The van der Waals surface area contributed by atoms with Crippen molar-refractivity contribution in [2.75, 3.05) is 17.3 Å². The summed E-state index contributed by atoms with van der Waals surface area (Å²) in [7, 11) is 0. The topological polar surface area (TPSA) is 80.9 Å². The van der Waals surface area contributed by atoms with E-state index < -0.39 is 0 Å². The molecule has 0 aromatic carbocycles. The normalized spacial score (nSPS) is 10.6. The van der Waals surface area contributed by atoms with Crippen LogP contribution in [0.15, 0.2) is 20.1 Å². The van der Waals surface area contributed by atoms with Crippen LogP contribution in [-0.4, -0.2) is 32.4 Å². The average molecular weight is 316 g/mol. The number of hydrogen-bond acceptors (Lipinski definition) is 8. The number of aryl methyl sites for hydroxylation is 1. The smallest absolute Gasteiger partial charge is 0.226 e. The van der Waals surface area contributed by atoms with Crippen molar-refractivity contribution in [3.05, 3.63) is 11.8 Å². The lowest BCUT2D eigenvalue weighted by Crippen LogP contribution is -2.12. The Hall–Kier alpha value is -1.06. The predicted octanol–water partition coefficient (Wildman–Crippen LogP) is 2.68. The number of nitrogens with one attached hydrogen (secondary N) is 1. The van der Waals surface area contributed by atoms with Gasteiger partial charge < -0.3 is 9.84 Å². The highest BCUT2D eigenvalue weighted by molar-refractivity contribution is 8.01. The molecule has 102 valence electrons. The number of hydrogen-bond donors (Lipinski definition) is 1. The number of carbonyl (C=O) groups excluding carboxylic acids is 1. The largest absolute Gasteiger partial charge is 0.360 e. The molecule has 2 rings (SSSR count). The second-order valence-electron chi connectivity index (χ2n) is 3.52. The van der Waals surface area contributed by atoms with Crippen LogP contribution in [0.1, 0.15) is 12.2 Å². The Labute approximate surface area is 122 Å². The molecule has 0 saturated carbocycles. The third-order valence-corrected chi connectivity index (χ3v) is 4.52. The van der Waals surface area contributed by atoms with E-state index in [9.17, 15) is 4.79 Å². The Kier molecular flexibility index (Phi) is 5.23. The van der Waals surface area contributed by atoms with Gasteiger partial charge in [0, 0.05) is 18.2 Å². The standard InChI is InChI=1S/C10H12N4O2S3/c1-6-5-7(13-16-6)11-8(15)3-4-18-10-12-9(17-2)14-19-10/h5H,3-4H2,1-2H3,(H,11,13,15). The lowest BCUT2D eigenvalue weighted by molar-refractivity contribution is -0.115. The van der Waals surface area contributed by atoms with Crippen molar-refractivity contribution in [1.82, 2.24) is 14.5 Å². The molecule has 9 heteroatoms. The number of amides is 1. The molecule has 0 spiro atoms. The quantitative estimate of drug-likeness (QED) is 0.820. The molecule has 0 atom stereocenters. The molecule has 2 aromatic rings. The molecule has 0 aliphatic heterocycles. The van der Waals surface area contributed by atoms with E-state index in [2.05, 4.69) is 19.8 Å². The van der Waals surface area contributed by atoms with E-state index >= 15 is 0 Å². The number of rotatable bonds is 6. The summed E-state index contributed by atoms with van der Waals surface area (Å²) in [6.07, 6.45) is 2.33. The molecule has 19 heavy (non-hydrogen) atoms. The molecule has 0 aliphatic rings. The number of anilines is 1. The Morgan fingerprint density at radius 2 is 2.42 bits per heavy atom. The van der Waals surface area contributed by atoms with Gasteiger partial charge in [0.1, 0.15) is 5.76 Å². The minimum Gasteiger partial charge on any atom is -0.360 e. The zero-order valence-electron chi connectivity index (χ0n) is 10.4. The zero-order valence-corrected chi connectivity index (χ0v) is 12.8. The number of thioether (sulfide) groups is 2. The number of aromatic nitrogens is 3. The number of carbonyl (C=O) groups is 1. The van der Waals surface area contributed by atoms with E-state index in [1.165, 1.54) is 35.1 Å². The summed E-state index contributed by atoms with van der Waals surface area (Å²) < 4.78 is 9.90. The molecule has 0 saturated heterocycles. The zero-order chi connectivity index (χ0) is 13.7. The van der Waals surface area contributed by atoms with Crippen LogP contribution in [0.3, 0.4) is 0 Å². The monoisotopic (exact) mass is 316 g/mol. The van der Waals surface area contributed by atoms with Crippen molar-refractivity contribution in [2.45, 2.75) is 22.8 Å². The minimum absolute atomic E-state index is 0.0876. The average Bonchev–Trinajstić information content (AvgIpc) is 2.98. The van der Waals surface area contributed by atoms with Gasteiger partial charge in [0.2, 0.25) is 11.1 Å². The van der Waals surface area contributed by atoms with Crippen LogP contribution in [0, 0.1) is 6.92 Å². The summed E-state index contributed by atoms with van der Waals surface area (Å²) in [5.74, 6) is 1.69. The van der Waals surface area contributed by atoms with E-state index in [1.54, 1.807) is 13.0 Å². The SMILES string of the molecule is CSc1nsc(SCCC(=O)Nc2cc(C)on2)n1. The maximum absolute atomic E-state index is 11.6. The summed E-state index contributed by atoms with van der Waals surface area (Å²) in [5.41, 5.74) is 0. The Balaban J connectivity index is 1.71. The van der Waals surface area contributed by atoms with Crippen molar-refractivity contribution in [3.63, 3.8) is 0 Å². The fraction of sp³-hybridized carbons (Fsp3) is 0.400. The van der Waals surface area contributed by atoms with Crippen molar-refractivity contribution in [3.8, 4) is 0 Å². The lowest BCUT2D eigenvalue weighted by atomic mass is 10.4. The van der Waals surface area contributed by atoms with Gasteiger partial charge in [-0.1, -0.05) is 28.7 Å². The predicted molar refractivity (Wildman–Crippen MR) is 76.9 cm³/mol. The van der Waals surface area contributed by atoms with Crippen LogP contribution in [-0.2, 0) is 4.79 Å². The van der Waals surface area contributed by atoms with Crippen LogP contribution in [0.2, 0.25) is 0 Å². The van der Waals surface area contributed by atoms with Crippen molar-refractivity contribution in [2.24, 2.45) is 0 Å². The first-order chi connectivity index (χ1) is 9.17. The molecule has 0 unspecified atom stereocenters. The van der Waals surface area contributed by atoms with E-state index in [-0.39, 0.29) is 5.91 Å². The molecule has 0 fully saturated rings. The van der Waals surface area contributed by atoms with Gasteiger partial charge in [0.25, 0.3) is 0 Å². The molecule has 0 aliphatic carbocycles. The molecule has 1 N–H and O–H groups in total. The van der Waals surface area contributed by atoms with Crippen molar-refractivity contribution < 1.29 is 9.32 Å². The van der Waals surface area contributed by atoms with E-state index in [0.29, 0.717) is 23.8 Å². The highest BCUT2D eigenvalue weighted by atomic mass is 32.2. The van der Waals surface area contributed by atoms with Gasteiger partial charge in [0.05, 0.1) is 0 Å². The lowest BCUT2D eigenvalue weighted by Gasteiger charge is -1.99. The van der Waals surface area contributed by atoms with Gasteiger partial charge in [-0.3, -0.25) is 4.79 Å². The van der Waals surface area contributed by atoms with E-state index in [4.69, 9.17) is 4.52 Å². The summed E-state index contributed by atoms with van der Waals surface area (Å²) in [4.78, 5) is 15.9. The van der Waals surface area contributed by atoms with Crippen molar-refractivity contribution >= 4 is 46.8 Å². The van der Waals surface area contributed by atoms with Gasteiger partial charge in [-0.25, -0.2) is 4.98 Å². The van der Waals surface area contributed by atoms with Gasteiger partial charge in [-0.2, -0.15) is 4.37 Å². The summed E-state index contributed by atoms with van der Waals surface area (Å²) in [6, 6.07) is 1.68. The maximum atomic E-state index is 11.6. The van der Waals surface area contributed by atoms with E-state index in [1.807, 2.05) is 6.26 Å². The third-order valence-electron chi connectivity index (χ3n) is 2.02. The first-order valence-corrected chi connectivity index (χ1v) is 8.39. The first kappa shape index (κ1) is 14.4. The van der Waals surface area contributed by atoms with Crippen LogP contribution in [0.5, 0.6) is 0 Å². The minimum atomic E-state index is -0.0876. The molecular weight excluding hydrogens is 304 g/mol. The third kappa shape index (κ3) is 4.51. The van der Waals surface area contributed by atoms with Crippen LogP contribution in [0.25, 0.3) is 0 Å². The Bertz CT molecular complexity index is 554. The molecule has 0 bridgehead atoms. The van der Waals surface area contributed by atoms with E-state index in [0.717, 1.165) is 9.50 Å². The van der Waals surface area contributed by atoms with Crippen LogP contribution >= 0.6 is 35.1 Å². The highest BCUT2D eigenvalue weighted by Gasteiger charge is 2.08. The summed E-state index contributed by atoms with van der Waals surface area (Å²) in [5, 5.41) is 7.14. The molecule has 6 nitrogen and oxygen atoms in total. The molecule has 1 amide bonds. The molecule has 2 heterocycles. The second-order valence-corrected chi connectivity index (χ2v) is 6.38. The first-order valence-electron chi connectivity index (χ1n) is 5.41. The molecule has 2 aromatic heterocycles. The Morgan fingerprint density at radius 3 is 3.05 bits per heavy atom. The maximum Gasteiger partial charge on any atom is 0.226 e. The van der Waals surface area contributed by atoms with Crippen LogP contribution in [0.4, 0.5) is 5.82 Å². The second kappa shape index (κ2) is 6.92.